The highest BCUT2D eigenvalue weighted by atomic mass is 16.3. The summed E-state index contributed by atoms with van der Waals surface area (Å²) in [6.45, 7) is 2.32. The molecule has 2 heteroatoms. The van der Waals surface area contributed by atoms with Crippen LogP contribution in [0, 0.1) is 5.92 Å². The Balaban J connectivity index is 2.06. The van der Waals surface area contributed by atoms with E-state index in [0.717, 1.165) is 18.8 Å². The Hall–Kier alpha value is -1.96. The Morgan fingerprint density at radius 3 is 1.52 bits per heavy atom. The molecule has 2 aromatic rings. The van der Waals surface area contributed by atoms with Crippen LogP contribution in [-0.2, 0) is 5.41 Å². The van der Waals surface area contributed by atoms with Crippen LogP contribution in [0.15, 0.2) is 48.5 Å². The topological polar surface area (TPSA) is 40.5 Å². The van der Waals surface area contributed by atoms with Crippen molar-refractivity contribution in [3.63, 3.8) is 0 Å². The lowest BCUT2D eigenvalue weighted by Gasteiger charge is -2.40. The Morgan fingerprint density at radius 1 is 0.762 bits per heavy atom. The summed E-state index contributed by atoms with van der Waals surface area (Å²) in [5.41, 5.74) is 2.53. The fraction of sp³-hybridized carbons (Fsp3) is 0.368. The number of benzene rings is 2. The molecule has 1 aliphatic carbocycles. The van der Waals surface area contributed by atoms with Gasteiger partial charge in [-0.1, -0.05) is 31.2 Å². The molecule has 0 bridgehead atoms. The van der Waals surface area contributed by atoms with Crippen molar-refractivity contribution in [3.05, 3.63) is 59.7 Å². The molecular formula is C19H22O2. The van der Waals surface area contributed by atoms with E-state index in [2.05, 4.69) is 6.92 Å². The second-order valence-corrected chi connectivity index (χ2v) is 6.36. The molecule has 0 aliphatic heterocycles. The van der Waals surface area contributed by atoms with E-state index in [9.17, 15) is 10.2 Å². The average Bonchev–Trinajstić information content (AvgIpc) is 2.50. The number of phenolic OH excluding ortho intramolecular Hbond substituents is 2. The predicted octanol–water partition coefficient (Wildman–Crippen LogP) is 4.59. The summed E-state index contributed by atoms with van der Waals surface area (Å²) in [4.78, 5) is 0. The van der Waals surface area contributed by atoms with Gasteiger partial charge in [-0.15, -0.1) is 0 Å². The number of rotatable bonds is 2. The molecule has 0 amide bonds. The van der Waals surface area contributed by atoms with Crippen LogP contribution in [0.4, 0.5) is 0 Å². The summed E-state index contributed by atoms with van der Waals surface area (Å²) in [5, 5.41) is 19.1. The summed E-state index contributed by atoms with van der Waals surface area (Å²) in [5.74, 6) is 1.39. The van der Waals surface area contributed by atoms with E-state index >= 15 is 0 Å². The molecule has 110 valence electrons. The standard InChI is InChI=1S/C19H22O2/c1-14-10-12-19(13-11-14,15-2-6-17(20)7-3-15)16-4-8-18(21)9-5-16/h2-9,14,20-21H,10-13H2,1H3. The first-order chi connectivity index (χ1) is 10.1. The monoisotopic (exact) mass is 282 g/mol. The maximum Gasteiger partial charge on any atom is 0.115 e. The first-order valence-electron chi connectivity index (χ1n) is 7.69. The number of phenols is 2. The van der Waals surface area contributed by atoms with Crippen molar-refractivity contribution < 1.29 is 10.2 Å². The van der Waals surface area contributed by atoms with E-state index in [1.54, 1.807) is 24.3 Å². The van der Waals surface area contributed by atoms with Crippen LogP contribution in [0.1, 0.15) is 43.7 Å². The van der Waals surface area contributed by atoms with Crippen LogP contribution in [0.25, 0.3) is 0 Å². The fourth-order valence-corrected chi connectivity index (χ4v) is 3.56. The van der Waals surface area contributed by atoms with Gasteiger partial charge in [0.25, 0.3) is 0 Å². The van der Waals surface area contributed by atoms with Gasteiger partial charge in [0.05, 0.1) is 0 Å². The summed E-state index contributed by atoms with van der Waals surface area (Å²) >= 11 is 0. The lowest BCUT2D eigenvalue weighted by atomic mass is 9.63. The molecule has 2 aromatic carbocycles. The van der Waals surface area contributed by atoms with Crippen molar-refractivity contribution in [2.75, 3.05) is 0 Å². The van der Waals surface area contributed by atoms with Gasteiger partial charge in [0, 0.05) is 5.41 Å². The molecule has 1 fully saturated rings. The first-order valence-corrected chi connectivity index (χ1v) is 7.69. The van der Waals surface area contributed by atoms with Crippen LogP contribution < -0.4 is 0 Å². The lowest BCUT2D eigenvalue weighted by Crippen LogP contribution is -2.32. The SMILES string of the molecule is CC1CCC(c2ccc(O)cc2)(c2ccc(O)cc2)CC1. The third kappa shape index (κ3) is 2.63. The summed E-state index contributed by atoms with van der Waals surface area (Å²) in [6, 6.07) is 15.3. The quantitative estimate of drug-likeness (QED) is 0.845. The van der Waals surface area contributed by atoms with Crippen molar-refractivity contribution in [3.8, 4) is 11.5 Å². The van der Waals surface area contributed by atoms with Crippen molar-refractivity contribution in [1.29, 1.82) is 0 Å². The Labute approximate surface area is 126 Å². The van der Waals surface area contributed by atoms with Gasteiger partial charge in [0.1, 0.15) is 11.5 Å². The van der Waals surface area contributed by atoms with Crippen molar-refractivity contribution in [1.82, 2.24) is 0 Å². The zero-order valence-corrected chi connectivity index (χ0v) is 12.4. The molecule has 0 atom stereocenters. The summed E-state index contributed by atoms with van der Waals surface area (Å²) in [7, 11) is 0. The molecule has 1 saturated carbocycles. The normalized spacial score (nSPS) is 18.5. The molecular weight excluding hydrogens is 260 g/mol. The minimum absolute atomic E-state index is 0.00785. The molecule has 2 nitrogen and oxygen atoms in total. The highest BCUT2D eigenvalue weighted by Gasteiger charge is 2.37. The van der Waals surface area contributed by atoms with Crippen LogP contribution in [0.3, 0.4) is 0 Å². The lowest BCUT2D eigenvalue weighted by molar-refractivity contribution is 0.280. The van der Waals surface area contributed by atoms with E-state index < -0.39 is 0 Å². The number of hydrogen-bond acceptors (Lipinski definition) is 2. The van der Waals surface area contributed by atoms with E-state index in [1.807, 2.05) is 24.3 Å². The van der Waals surface area contributed by atoms with E-state index in [4.69, 9.17) is 0 Å². The van der Waals surface area contributed by atoms with Gasteiger partial charge < -0.3 is 10.2 Å². The summed E-state index contributed by atoms with van der Waals surface area (Å²) < 4.78 is 0. The molecule has 0 heterocycles. The largest absolute Gasteiger partial charge is 0.508 e. The molecule has 0 saturated heterocycles. The van der Waals surface area contributed by atoms with Gasteiger partial charge in [0.2, 0.25) is 0 Å². The summed E-state index contributed by atoms with van der Waals surface area (Å²) in [6.07, 6.45) is 4.65. The highest BCUT2D eigenvalue weighted by Crippen LogP contribution is 2.46. The number of aromatic hydroxyl groups is 2. The van der Waals surface area contributed by atoms with Gasteiger partial charge in [0.15, 0.2) is 0 Å². The van der Waals surface area contributed by atoms with Gasteiger partial charge in [-0.3, -0.25) is 0 Å². The molecule has 2 N–H and O–H groups in total. The van der Waals surface area contributed by atoms with Crippen LogP contribution in [-0.4, -0.2) is 10.2 Å². The zero-order chi connectivity index (χ0) is 14.9. The van der Waals surface area contributed by atoms with Crippen LogP contribution in [0.5, 0.6) is 11.5 Å². The predicted molar refractivity (Wildman–Crippen MR) is 84.6 cm³/mol. The van der Waals surface area contributed by atoms with Gasteiger partial charge in [-0.2, -0.15) is 0 Å². The smallest absolute Gasteiger partial charge is 0.115 e. The molecule has 0 spiro atoms. The zero-order valence-electron chi connectivity index (χ0n) is 12.4. The average molecular weight is 282 g/mol. The minimum Gasteiger partial charge on any atom is -0.508 e. The van der Waals surface area contributed by atoms with Gasteiger partial charge in [-0.05, 0) is 67.0 Å². The van der Waals surface area contributed by atoms with Crippen molar-refractivity contribution >= 4 is 0 Å². The molecule has 0 aromatic heterocycles. The number of hydrogen-bond donors (Lipinski definition) is 2. The van der Waals surface area contributed by atoms with E-state index in [1.165, 1.54) is 24.0 Å². The van der Waals surface area contributed by atoms with Crippen LogP contribution in [0.2, 0.25) is 0 Å². The van der Waals surface area contributed by atoms with Gasteiger partial charge >= 0.3 is 0 Å². The third-order valence-corrected chi connectivity index (χ3v) is 4.97. The van der Waals surface area contributed by atoms with Crippen LogP contribution >= 0.6 is 0 Å². The Bertz CT molecular complexity index is 543. The molecule has 0 unspecified atom stereocenters. The van der Waals surface area contributed by atoms with Gasteiger partial charge in [-0.25, -0.2) is 0 Å². The maximum atomic E-state index is 9.55. The Morgan fingerprint density at radius 2 is 1.14 bits per heavy atom. The third-order valence-electron chi connectivity index (χ3n) is 4.97. The van der Waals surface area contributed by atoms with Crippen molar-refractivity contribution in [2.24, 2.45) is 5.92 Å². The van der Waals surface area contributed by atoms with E-state index in [-0.39, 0.29) is 5.41 Å². The molecule has 21 heavy (non-hydrogen) atoms. The highest BCUT2D eigenvalue weighted by molar-refractivity contribution is 5.43. The molecule has 3 rings (SSSR count). The first kappa shape index (κ1) is 14.0. The van der Waals surface area contributed by atoms with Crippen molar-refractivity contribution in [2.45, 2.75) is 38.0 Å². The Kier molecular flexibility index (Phi) is 3.62. The minimum atomic E-state index is 0.00785. The molecule has 0 radical (unpaired) electrons. The second kappa shape index (κ2) is 5.44. The maximum absolute atomic E-state index is 9.55. The van der Waals surface area contributed by atoms with E-state index in [0.29, 0.717) is 11.5 Å². The molecule has 1 aliphatic rings. The fourth-order valence-electron chi connectivity index (χ4n) is 3.56. The second-order valence-electron chi connectivity index (χ2n) is 6.36.